The third kappa shape index (κ3) is 3.98. The molecule has 5 saturated carbocycles. The van der Waals surface area contributed by atoms with Crippen LogP contribution >= 0.6 is 0 Å². The highest BCUT2D eigenvalue weighted by Gasteiger charge is 2.87. The third-order valence-corrected chi connectivity index (χ3v) is 16.9. The van der Waals surface area contributed by atoms with Crippen molar-refractivity contribution in [3.8, 4) is 0 Å². The minimum Gasteiger partial charge on any atom is -0.462 e. The smallest absolute Gasteiger partial charge is 0.302 e. The molecule has 19 atom stereocenters. The van der Waals surface area contributed by atoms with E-state index in [-0.39, 0.29) is 75.9 Å². The average molecular weight is 691 g/mol. The van der Waals surface area contributed by atoms with Crippen LogP contribution in [0.3, 0.4) is 0 Å². The lowest BCUT2D eigenvalue weighted by Gasteiger charge is -2.65. The average Bonchev–Trinajstić information content (AvgIpc) is 3.86. The maximum absolute atomic E-state index is 12.9. The van der Waals surface area contributed by atoms with Gasteiger partial charge in [-0.2, -0.15) is 0 Å². The van der Waals surface area contributed by atoms with Crippen molar-refractivity contribution in [2.75, 3.05) is 13.7 Å². The lowest BCUT2D eigenvalue weighted by atomic mass is 9.41. The first-order valence-corrected chi connectivity index (χ1v) is 19.0. The van der Waals surface area contributed by atoms with Gasteiger partial charge in [0, 0.05) is 25.9 Å². The van der Waals surface area contributed by atoms with Crippen molar-refractivity contribution in [3.05, 3.63) is 0 Å². The summed E-state index contributed by atoms with van der Waals surface area (Å²) in [6, 6.07) is 0. The van der Waals surface area contributed by atoms with Crippen LogP contribution in [0.1, 0.15) is 99.8 Å². The second-order valence-corrected chi connectivity index (χ2v) is 19.2. The second-order valence-electron chi connectivity index (χ2n) is 19.2. The van der Waals surface area contributed by atoms with Crippen LogP contribution in [0, 0.1) is 50.7 Å². The van der Waals surface area contributed by atoms with Crippen LogP contribution in [0.5, 0.6) is 0 Å². The Morgan fingerprint density at radius 1 is 0.857 bits per heavy atom. The summed E-state index contributed by atoms with van der Waals surface area (Å²) in [5.41, 5.74) is -0.894. The first-order valence-electron chi connectivity index (χ1n) is 19.0. The molecule has 4 aliphatic heterocycles. The van der Waals surface area contributed by atoms with Gasteiger partial charge in [0.05, 0.1) is 18.8 Å². The fourth-order valence-electron chi connectivity index (χ4n) is 14.9. The first-order chi connectivity index (χ1) is 22.9. The van der Waals surface area contributed by atoms with Gasteiger partial charge in [0.2, 0.25) is 5.79 Å². The number of carbonyl (C=O) groups is 1. The summed E-state index contributed by atoms with van der Waals surface area (Å²) in [4.78, 5) is 12.9. The fourth-order valence-corrected chi connectivity index (χ4v) is 14.9. The molecule has 5 aliphatic carbocycles. The number of ether oxygens (including phenoxy) is 7. The summed E-state index contributed by atoms with van der Waals surface area (Å²) in [6.07, 6.45) is 1.91. The highest BCUT2D eigenvalue weighted by atomic mass is 16.8. The van der Waals surface area contributed by atoms with Crippen molar-refractivity contribution in [3.63, 3.8) is 0 Å². The Labute approximate surface area is 290 Å². The highest BCUT2D eigenvalue weighted by molar-refractivity contribution is 5.66. The van der Waals surface area contributed by atoms with Crippen LogP contribution in [0.15, 0.2) is 0 Å². The third-order valence-electron chi connectivity index (χ3n) is 16.9. The lowest BCUT2D eigenvalue weighted by molar-refractivity contribution is -0.349. The number of rotatable bonds is 4. The molecule has 276 valence electrons. The van der Waals surface area contributed by atoms with Gasteiger partial charge in [-0.3, -0.25) is 4.79 Å². The quantitative estimate of drug-likeness (QED) is 0.226. The van der Waals surface area contributed by atoms with Crippen molar-refractivity contribution in [1.29, 1.82) is 0 Å². The molecular weight excluding hydrogens is 632 g/mol. The maximum Gasteiger partial charge on any atom is 0.302 e. The SMILES string of the molecule is CO[C@@H]1O[C@]2(C[C@@H](C)[C@H]3C(C[C@@]4(C)[C@@H]5CC[C@H]6C(C)(C)[C@@H](O[C@@H]7OC[C@@H](O)[C@H](O)[C@H]7O)CC[C@@]67C[C@@]57C[C@@H](OC(C)=O)[C@]34C)O2)[C@@H]2O[C@]12C. The van der Waals surface area contributed by atoms with Gasteiger partial charge in [0.25, 0.3) is 0 Å². The Hall–Kier alpha value is -0.890. The van der Waals surface area contributed by atoms with E-state index in [1.54, 1.807) is 14.0 Å². The molecule has 4 heterocycles. The van der Waals surface area contributed by atoms with Crippen LogP contribution in [-0.2, 0) is 38.0 Å². The second kappa shape index (κ2) is 10.2. The van der Waals surface area contributed by atoms with Crippen LogP contribution in [-0.4, -0.2) is 102 Å². The molecule has 3 spiro atoms. The summed E-state index contributed by atoms with van der Waals surface area (Å²) in [6.45, 7) is 15.4. The number of carbonyl (C=O) groups excluding carboxylic acids is 1. The molecule has 0 amide bonds. The van der Waals surface area contributed by atoms with E-state index >= 15 is 0 Å². The van der Waals surface area contributed by atoms with Crippen LogP contribution in [0.25, 0.3) is 0 Å². The topological polar surface area (TPSA) is 146 Å². The zero-order chi connectivity index (χ0) is 34.9. The summed E-state index contributed by atoms with van der Waals surface area (Å²) >= 11 is 0. The summed E-state index contributed by atoms with van der Waals surface area (Å²) in [7, 11) is 1.67. The first kappa shape index (κ1) is 33.9. The number of hydrogen-bond donors (Lipinski definition) is 3. The molecule has 9 aliphatic rings. The van der Waals surface area contributed by atoms with Gasteiger partial charge in [-0.1, -0.05) is 34.6 Å². The molecule has 1 unspecified atom stereocenters. The van der Waals surface area contributed by atoms with Crippen molar-refractivity contribution < 1.29 is 53.3 Å². The van der Waals surface area contributed by atoms with E-state index in [0.29, 0.717) is 11.8 Å². The number of hydrogen-bond acceptors (Lipinski definition) is 11. The molecule has 49 heavy (non-hydrogen) atoms. The van der Waals surface area contributed by atoms with E-state index in [1.807, 2.05) is 0 Å². The van der Waals surface area contributed by atoms with Gasteiger partial charge in [-0.05, 0) is 97.2 Å². The van der Waals surface area contributed by atoms with Gasteiger partial charge >= 0.3 is 5.97 Å². The molecule has 0 aromatic carbocycles. The normalized spacial score (nSPS) is 62.2. The van der Waals surface area contributed by atoms with Crippen molar-refractivity contribution in [1.82, 2.24) is 0 Å². The number of aliphatic hydroxyl groups excluding tert-OH is 3. The molecule has 0 bridgehead atoms. The standard InChI is InChI=1S/C38H58O11/c1-18-13-38(30-35(7,48-30)31(43-8)49-38)47-21-14-33(5)23-10-9-22-32(3,4)24(46-29-28(42)27(41)20(40)16-44-29)11-12-36(22)17-37(23,36)15-25(45-19(2)39)34(33,6)26(18)21/h18,20-31,40-42H,9-17H2,1-8H3/t18-,20-,21?,22+,23+,24+,25-,26+,27+,28-,29+,30-,31-,33+,34-,35+,36-,37+,38-/m1/s1. The van der Waals surface area contributed by atoms with E-state index in [1.165, 1.54) is 0 Å². The highest BCUT2D eigenvalue weighted by Crippen LogP contribution is 2.89. The molecule has 0 aromatic heterocycles. The molecule has 3 N–H and O–H groups in total. The molecule has 0 radical (unpaired) electrons. The van der Waals surface area contributed by atoms with Gasteiger partial charge in [0.15, 0.2) is 12.6 Å². The van der Waals surface area contributed by atoms with Crippen molar-refractivity contribution >= 4 is 5.97 Å². The van der Waals surface area contributed by atoms with Gasteiger partial charge in [-0.15, -0.1) is 0 Å². The zero-order valence-electron chi connectivity index (χ0n) is 30.5. The predicted octanol–water partition coefficient (Wildman–Crippen LogP) is 3.68. The predicted molar refractivity (Wildman–Crippen MR) is 172 cm³/mol. The minimum atomic E-state index is -1.30. The van der Waals surface area contributed by atoms with E-state index < -0.39 is 42.3 Å². The Kier molecular flexibility index (Phi) is 7.06. The molecule has 11 heteroatoms. The van der Waals surface area contributed by atoms with Gasteiger partial charge in [0.1, 0.15) is 36.1 Å². The molecule has 9 rings (SSSR count). The minimum absolute atomic E-state index is 0.0418. The van der Waals surface area contributed by atoms with Crippen LogP contribution in [0.4, 0.5) is 0 Å². The number of esters is 1. The Morgan fingerprint density at radius 3 is 2.29 bits per heavy atom. The Balaban J connectivity index is 1.03. The van der Waals surface area contributed by atoms with E-state index in [2.05, 4.69) is 41.5 Å². The molecule has 0 aromatic rings. The van der Waals surface area contributed by atoms with E-state index in [0.717, 1.165) is 51.4 Å². The van der Waals surface area contributed by atoms with Gasteiger partial charge in [-0.25, -0.2) is 0 Å². The van der Waals surface area contributed by atoms with Crippen molar-refractivity contribution in [2.45, 2.75) is 167 Å². The molecule has 11 nitrogen and oxygen atoms in total. The fraction of sp³-hybridized carbons (Fsp3) is 0.974. The summed E-state index contributed by atoms with van der Waals surface area (Å²) in [5.74, 6) is 0.308. The summed E-state index contributed by atoms with van der Waals surface area (Å²) in [5, 5.41) is 31.0. The van der Waals surface area contributed by atoms with E-state index in [4.69, 9.17) is 33.2 Å². The summed E-state index contributed by atoms with van der Waals surface area (Å²) < 4.78 is 44.4. The lowest BCUT2D eigenvalue weighted by Crippen LogP contribution is -2.64. The van der Waals surface area contributed by atoms with Crippen LogP contribution in [0.2, 0.25) is 0 Å². The van der Waals surface area contributed by atoms with Crippen LogP contribution < -0.4 is 0 Å². The van der Waals surface area contributed by atoms with E-state index in [9.17, 15) is 20.1 Å². The Bertz CT molecular complexity index is 1410. The molecular formula is C38H58O11. The van der Waals surface area contributed by atoms with Crippen molar-refractivity contribution in [2.24, 2.45) is 50.7 Å². The number of methoxy groups -OCH3 is 1. The number of fused-ring (bicyclic) bond motifs is 6. The maximum atomic E-state index is 12.9. The molecule has 4 saturated heterocycles. The van der Waals surface area contributed by atoms with Gasteiger partial charge < -0.3 is 48.5 Å². The number of epoxide rings is 1. The Morgan fingerprint density at radius 2 is 1.59 bits per heavy atom. The number of aliphatic hydroxyl groups is 3. The zero-order valence-corrected chi connectivity index (χ0v) is 30.5. The monoisotopic (exact) mass is 690 g/mol. The molecule has 9 fully saturated rings. The largest absolute Gasteiger partial charge is 0.462 e.